The molecule has 0 fully saturated rings. The summed E-state index contributed by atoms with van der Waals surface area (Å²) in [4.78, 5) is 11.4. The second-order valence-electron chi connectivity index (χ2n) is 3.00. The molecule has 2 rings (SSSR count). The van der Waals surface area contributed by atoms with Gasteiger partial charge in [-0.1, -0.05) is 0 Å². The lowest BCUT2D eigenvalue weighted by Crippen LogP contribution is -2.07. The quantitative estimate of drug-likeness (QED) is 0.711. The maximum absolute atomic E-state index is 11.4. The van der Waals surface area contributed by atoms with Gasteiger partial charge in [-0.3, -0.25) is 4.68 Å². The van der Waals surface area contributed by atoms with Gasteiger partial charge in [0.2, 0.25) is 5.76 Å². The van der Waals surface area contributed by atoms with E-state index in [2.05, 4.69) is 5.10 Å². The largest absolute Gasteiger partial charge is 0.457 e. The Bertz CT molecular complexity index is 445. The molecule has 0 saturated carbocycles. The Labute approximate surface area is 86.3 Å². The molecule has 0 bridgehead atoms. The van der Waals surface area contributed by atoms with Crippen molar-refractivity contribution in [3.05, 3.63) is 42.1 Å². The van der Waals surface area contributed by atoms with Gasteiger partial charge in [-0.15, -0.1) is 0 Å². The molecule has 0 aliphatic rings. The fourth-order valence-electron chi connectivity index (χ4n) is 1.15. The van der Waals surface area contributed by atoms with E-state index in [-0.39, 0.29) is 12.4 Å². The molecule has 2 heterocycles. The first-order chi connectivity index (χ1) is 7.27. The van der Waals surface area contributed by atoms with E-state index in [1.807, 2.05) is 0 Å². The summed E-state index contributed by atoms with van der Waals surface area (Å²) in [6.45, 7) is 0.191. The van der Waals surface area contributed by atoms with Crippen molar-refractivity contribution in [1.82, 2.24) is 9.78 Å². The van der Waals surface area contributed by atoms with Gasteiger partial charge in [0.15, 0.2) is 0 Å². The number of esters is 1. The maximum Gasteiger partial charge on any atom is 0.374 e. The minimum Gasteiger partial charge on any atom is -0.457 e. The van der Waals surface area contributed by atoms with Crippen molar-refractivity contribution in [3.63, 3.8) is 0 Å². The van der Waals surface area contributed by atoms with Crippen molar-refractivity contribution in [1.29, 1.82) is 0 Å². The molecule has 0 aliphatic carbocycles. The second-order valence-corrected chi connectivity index (χ2v) is 3.00. The second kappa shape index (κ2) is 4.00. The summed E-state index contributed by atoms with van der Waals surface area (Å²) in [5, 5.41) is 3.96. The van der Waals surface area contributed by atoms with Gasteiger partial charge >= 0.3 is 5.97 Å². The highest BCUT2D eigenvalue weighted by Crippen LogP contribution is 2.05. The number of carbonyl (C=O) groups excluding carboxylic acids is 1. The van der Waals surface area contributed by atoms with Gasteiger partial charge in [-0.25, -0.2) is 4.79 Å². The minimum absolute atomic E-state index is 0.191. The Morgan fingerprint density at radius 3 is 3.07 bits per heavy atom. The smallest absolute Gasteiger partial charge is 0.374 e. The van der Waals surface area contributed by atoms with E-state index in [1.54, 1.807) is 36.1 Å². The molecule has 0 aliphatic heterocycles. The number of carbonyl (C=O) groups is 1. The van der Waals surface area contributed by atoms with E-state index in [0.29, 0.717) is 0 Å². The van der Waals surface area contributed by atoms with Crippen LogP contribution in [0.4, 0.5) is 0 Å². The van der Waals surface area contributed by atoms with E-state index in [0.717, 1.165) is 5.69 Å². The summed E-state index contributed by atoms with van der Waals surface area (Å²) in [5.41, 5.74) is 0.829. The molecule has 2 aromatic heterocycles. The highest BCUT2D eigenvalue weighted by Gasteiger charge is 2.10. The molecule has 0 saturated heterocycles. The summed E-state index contributed by atoms with van der Waals surface area (Å²) in [6, 6.07) is 4.99. The summed E-state index contributed by atoms with van der Waals surface area (Å²) in [6.07, 6.45) is 3.08. The number of hydrogen-bond donors (Lipinski definition) is 0. The van der Waals surface area contributed by atoms with E-state index < -0.39 is 5.97 Å². The first-order valence-corrected chi connectivity index (χ1v) is 4.45. The average molecular weight is 206 g/mol. The Kier molecular flexibility index (Phi) is 2.53. The Morgan fingerprint density at radius 2 is 2.47 bits per heavy atom. The molecule has 0 radical (unpaired) electrons. The predicted molar refractivity (Wildman–Crippen MR) is 51.0 cm³/mol. The number of furan rings is 1. The molecule has 78 valence electrons. The standard InChI is InChI=1S/C10H10N2O3/c1-12-8(4-5-11-12)7-15-10(13)9-3-2-6-14-9/h2-6H,7H2,1H3. The normalized spacial score (nSPS) is 10.2. The monoisotopic (exact) mass is 206 g/mol. The van der Waals surface area contributed by atoms with Crippen molar-refractivity contribution < 1.29 is 13.9 Å². The van der Waals surface area contributed by atoms with Crippen LogP contribution in [-0.4, -0.2) is 15.7 Å². The molecule has 0 spiro atoms. The average Bonchev–Trinajstić information content (AvgIpc) is 2.85. The molecule has 2 aromatic rings. The van der Waals surface area contributed by atoms with Crippen molar-refractivity contribution >= 4 is 5.97 Å². The van der Waals surface area contributed by atoms with Gasteiger partial charge in [-0.05, 0) is 18.2 Å². The van der Waals surface area contributed by atoms with Crippen LogP contribution in [0.15, 0.2) is 35.1 Å². The third-order valence-corrected chi connectivity index (χ3v) is 2.00. The Balaban J connectivity index is 1.95. The lowest BCUT2D eigenvalue weighted by Gasteiger charge is -2.02. The number of nitrogens with zero attached hydrogens (tertiary/aromatic N) is 2. The highest BCUT2D eigenvalue weighted by molar-refractivity contribution is 5.86. The van der Waals surface area contributed by atoms with Gasteiger partial charge < -0.3 is 9.15 Å². The summed E-state index contributed by atoms with van der Waals surface area (Å²) in [5.74, 6) is -0.265. The fourth-order valence-corrected chi connectivity index (χ4v) is 1.15. The minimum atomic E-state index is -0.471. The van der Waals surface area contributed by atoms with Crippen LogP contribution in [0.3, 0.4) is 0 Å². The van der Waals surface area contributed by atoms with Crippen molar-refractivity contribution in [2.45, 2.75) is 6.61 Å². The van der Waals surface area contributed by atoms with Crippen LogP contribution in [0.2, 0.25) is 0 Å². The molecule has 0 atom stereocenters. The zero-order valence-corrected chi connectivity index (χ0v) is 8.21. The summed E-state index contributed by atoms with van der Waals surface area (Å²) >= 11 is 0. The number of aromatic nitrogens is 2. The molecule has 15 heavy (non-hydrogen) atoms. The van der Waals surface area contributed by atoms with Crippen LogP contribution in [-0.2, 0) is 18.4 Å². The SMILES string of the molecule is Cn1nccc1COC(=O)c1ccco1. The maximum atomic E-state index is 11.4. The number of ether oxygens (including phenoxy) is 1. The van der Waals surface area contributed by atoms with Gasteiger partial charge in [0.25, 0.3) is 0 Å². The molecular formula is C10H10N2O3. The van der Waals surface area contributed by atoms with E-state index in [9.17, 15) is 4.79 Å². The molecule has 0 aromatic carbocycles. The Hall–Kier alpha value is -2.04. The zero-order valence-electron chi connectivity index (χ0n) is 8.21. The molecule has 0 N–H and O–H groups in total. The highest BCUT2D eigenvalue weighted by atomic mass is 16.5. The lowest BCUT2D eigenvalue weighted by atomic mass is 10.4. The zero-order chi connectivity index (χ0) is 10.7. The van der Waals surface area contributed by atoms with Gasteiger partial charge in [0.05, 0.1) is 12.0 Å². The topological polar surface area (TPSA) is 57.3 Å². The predicted octanol–water partition coefficient (Wildman–Crippen LogP) is 1.37. The molecule has 0 amide bonds. The number of aryl methyl sites for hydroxylation is 1. The molecule has 0 unspecified atom stereocenters. The van der Waals surface area contributed by atoms with Crippen molar-refractivity contribution in [3.8, 4) is 0 Å². The van der Waals surface area contributed by atoms with E-state index >= 15 is 0 Å². The van der Waals surface area contributed by atoms with E-state index in [1.165, 1.54) is 6.26 Å². The first kappa shape index (κ1) is 9.51. The van der Waals surface area contributed by atoms with Crippen LogP contribution in [0.25, 0.3) is 0 Å². The third-order valence-electron chi connectivity index (χ3n) is 2.00. The van der Waals surface area contributed by atoms with Crippen molar-refractivity contribution in [2.75, 3.05) is 0 Å². The van der Waals surface area contributed by atoms with Gasteiger partial charge in [-0.2, -0.15) is 5.10 Å². The number of hydrogen-bond acceptors (Lipinski definition) is 4. The summed E-state index contributed by atoms with van der Waals surface area (Å²) < 4.78 is 11.6. The fraction of sp³-hybridized carbons (Fsp3) is 0.200. The van der Waals surface area contributed by atoms with Gasteiger partial charge in [0.1, 0.15) is 6.61 Å². The van der Waals surface area contributed by atoms with Gasteiger partial charge in [0, 0.05) is 13.2 Å². The van der Waals surface area contributed by atoms with Crippen LogP contribution < -0.4 is 0 Å². The summed E-state index contributed by atoms with van der Waals surface area (Å²) in [7, 11) is 1.79. The lowest BCUT2D eigenvalue weighted by molar-refractivity contribution is 0.0427. The van der Waals surface area contributed by atoms with Crippen molar-refractivity contribution in [2.24, 2.45) is 7.05 Å². The van der Waals surface area contributed by atoms with Crippen LogP contribution in [0.5, 0.6) is 0 Å². The molecular weight excluding hydrogens is 196 g/mol. The number of rotatable bonds is 3. The molecule has 5 heteroatoms. The molecule has 5 nitrogen and oxygen atoms in total. The van der Waals surface area contributed by atoms with E-state index in [4.69, 9.17) is 9.15 Å². The first-order valence-electron chi connectivity index (χ1n) is 4.45. The van der Waals surface area contributed by atoms with Crippen LogP contribution >= 0.6 is 0 Å². The van der Waals surface area contributed by atoms with Crippen LogP contribution in [0, 0.1) is 0 Å². The Morgan fingerprint density at radius 1 is 1.60 bits per heavy atom. The van der Waals surface area contributed by atoms with Crippen LogP contribution in [0.1, 0.15) is 16.2 Å². The third kappa shape index (κ3) is 2.07.